The molecule has 0 spiro atoms. The van der Waals surface area contributed by atoms with Gasteiger partial charge in [-0.2, -0.15) is 0 Å². The lowest BCUT2D eigenvalue weighted by Crippen LogP contribution is -2.45. The summed E-state index contributed by atoms with van der Waals surface area (Å²) in [7, 11) is 0. The third kappa shape index (κ3) is 53.9. The van der Waals surface area contributed by atoms with Crippen molar-refractivity contribution in [3.05, 3.63) is 12.2 Å². The zero-order chi connectivity index (χ0) is 49.3. The second-order valence-corrected chi connectivity index (χ2v) is 21.4. The Morgan fingerprint density at radius 2 is 0.691 bits per heavy atom. The van der Waals surface area contributed by atoms with Gasteiger partial charge >= 0.3 is 5.97 Å². The van der Waals surface area contributed by atoms with Crippen LogP contribution in [0.25, 0.3) is 0 Å². The SMILES string of the molecule is CCCCCCCCCCCCCCCCCCCCCC(=O)OCCCCCCCCCCC/C=C\CCCCCCCCCC(=O)NC(CO)C(O)CCCCCCCCCCCCCC. The first-order chi connectivity index (χ1) is 33.5. The summed E-state index contributed by atoms with van der Waals surface area (Å²) in [5.41, 5.74) is 0. The van der Waals surface area contributed by atoms with Crippen LogP contribution in [0.4, 0.5) is 0 Å². The highest BCUT2D eigenvalue weighted by atomic mass is 16.5. The lowest BCUT2D eigenvalue weighted by atomic mass is 10.0. The zero-order valence-corrected chi connectivity index (χ0v) is 46.1. The number of esters is 1. The van der Waals surface area contributed by atoms with Gasteiger partial charge in [-0.05, 0) is 51.4 Å². The van der Waals surface area contributed by atoms with Crippen molar-refractivity contribution >= 4 is 11.9 Å². The molecule has 0 fully saturated rings. The number of rotatable bonds is 58. The van der Waals surface area contributed by atoms with E-state index in [4.69, 9.17) is 4.74 Å². The molecule has 68 heavy (non-hydrogen) atoms. The number of aliphatic hydroxyl groups excluding tert-OH is 2. The second kappa shape index (κ2) is 58.2. The van der Waals surface area contributed by atoms with Gasteiger partial charge in [-0.3, -0.25) is 9.59 Å². The molecule has 6 nitrogen and oxygen atoms in total. The summed E-state index contributed by atoms with van der Waals surface area (Å²) in [6.07, 6.45) is 69.4. The summed E-state index contributed by atoms with van der Waals surface area (Å²) in [5, 5.41) is 23.2. The van der Waals surface area contributed by atoms with Gasteiger partial charge in [0.25, 0.3) is 0 Å². The molecule has 0 aliphatic heterocycles. The van der Waals surface area contributed by atoms with Crippen molar-refractivity contribution in [2.45, 2.75) is 360 Å². The average Bonchev–Trinajstić information content (AvgIpc) is 3.34. The number of allylic oxidation sites excluding steroid dienone is 2. The van der Waals surface area contributed by atoms with Crippen molar-refractivity contribution < 1.29 is 24.5 Å². The molecule has 0 radical (unpaired) electrons. The van der Waals surface area contributed by atoms with Crippen LogP contribution < -0.4 is 5.32 Å². The molecule has 0 aromatic carbocycles. The van der Waals surface area contributed by atoms with Gasteiger partial charge in [0.1, 0.15) is 0 Å². The summed E-state index contributed by atoms with van der Waals surface area (Å²) in [5.74, 6) is -0.0310. The van der Waals surface area contributed by atoms with Gasteiger partial charge in [-0.15, -0.1) is 0 Å². The van der Waals surface area contributed by atoms with Gasteiger partial charge in [0, 0.05) is 12.8 Å². The molecule has 1 amide bonds. The minimum atomic E-state index is -0.668. The van der Waals surface area contributed by atoms with E-state index in [-0.39, 0.29) is 18.5 Å². The average molecular weight is 961 g/mol. The van der Waals surface area contributed by atoms with Crippen molar-refractivity contribution in [2.24, 2.45) is 0 Å². The highest BCUT2D eigenvalue weighted by Gasteiger charge is 2.20. The van der Waals surface area contributed by atoms with E-state index in [1.807, 2.05) is 0 Å². The van der Waals surface area contributed by atoms with Gasteiger partial charge in [0.2, 0.25) is 5.91 Å². The molecule has 0 heterocycles. The van der Waals surface area contributed by atoms with Crippen molar-refractivity contribution in [1.82, 2.24) is 5.32 Å². The minimum absolute atomic E-state index is 0.0116. The van der Waals surface area contributed by atoms with E-state index < -0.39 is 12.1 Å². The molecule has 0 aliphatic rings. The molecule has 6 heteroatoms. The maximum Gasteiger partial charge on any atom is 0.305 e. The van der Waals surface area contributed by atoms with Crippen molar-refractivity contribution in [2.75, 3.05) is 13.2 Å². The molecule has 0 saturated carbocycles. The fraction of sp³-hybridized carbons (Fsp3) is 0.935. The maximum atomic E-state index is 12.4. The Labute approximate surface area is 425 Å². The molecule has 404 valence electrons. The first-order valence-corrected chi connectivity index (χ1v) is 30.9. The van der Waals surface area contributed by atoms with Crippen LogP contribution in [-0.2, 0) is 14.3 Å². The summed E-state index contributed by atoms with van der Waals surface area (Å²) >= 11 is 0. The normalized spacial score (nSPS) is 12.6. The standard InChI is InChI=1S/C62H121NO5/c1-3-5-7-9-11-13-15-17-18-19-22-26-29-32-36-40-44-48-52-56-62(67)68-57-53-49-45-41-37-33-30-27-24-21-20-23-25-28-31-35-39-43-47-51-55-61(66)63-59(58-64)60(65)54-50-46-42-38-34-16-14-12-10-8-6-4-2/h20,23,59-60,64-65H,3-19,21-22,24-58H2,1-2H3,(H,63,66)/b23-20-. The largest absolute Gasteiger partial charge is 0.466 e. The van der Waals surface area contributed by atoms with Crippen LogP contribution in [0.5, 0.6) is 0 Å². The molecule has 0 aromatic heterocycles. The van der Waals surface area contributed by atoms with Crippen LogP contribution >= 0.6 is 0 Å². The summed E-state index contributed by atoms with van der Waals surface area (Å²) < 4.78 is 5.50. The Kier molecular flexibility index (Phi) is 57.0. The third-order valence-corrected chi connectivity index (χ3v) is 14.6. The summed E-state index contributed by atoms with van der Waals surface area (Å²) in [6.45, 7) is 4.96. The van der Waals surface area contributed by atoms with E-state index >= 15 is 0 Å². The predicted octanol–water partition coefficient (Wildman–Crippen LogP) is 19.2. The molecule has 2 atom stereocenters. The van der Waals surface area contributed by atoms with Crippen molar-refractivity contribution in [3.8, 4) is 0 Å². The maximum absolute atomic E-state index is 12.4. The Morgan fingerprint density at radius 3 is 1.04 bits per heavy atom. The fourth-order valence-corrected chi connectivity index (χ4v) is 9.81. The minimum Gasteiger partial charge on any atom is -0.466 e. The lowest BCUT2D eigenvalue weighted by molar-refractivity contribution is -0.143. The lowest BCUT2D eigenvalue weighted by Gasteiger charge is -2.22. The molecule has 0 aliphatic carbocycles. The summed E-state index contributed by atoms with van der Waals surface area (Å²) in [4.78, 5) is 24.5. The van der Waals surface area contributed by atoms with E-state index in [0.29, 0.717) is 25.9 Å². The molecular formula is C62H121NO5. The quantitative estimate of drug-likeness (QED) is 0.0321. The van der Waals surface area contributed by atoms with E-state index in [2.05, 4.69) is 31.3 Å². The monoisotopic (exact) mass is 960 g/mol. The second-order valence-electron chi connectivity index (χ2n) is 21.4. The van der Waals surface area contributed by atoms with Crippen molar-refractivity contribution in [3.63, 3.8) is 0 Å². The van der Waals surface area contributed by atoms with Crippen LogP contribution in [0.15, 0.2) is 12.2 Å². The van der Waals surface area contributed by atoms with Crippen LogP contribution in [0.1, 0.15) is 348 Å². The van der Waals surface area contributed by atoms with Gasteiger partial charge in [0.15, 0.2) is 0 Å². The zero-order valence-electron chi connectivity index (χ0n) is 46.1. The van der Waals surface area contributed by atoms with Gasteiger partial charge in [0.05, 0.1) is 25.4 Å². The van der Waals surface area contributed by atoms with E-state index in [9.17, 15) is 19.8 Å². The van der Waals surface area contributed by atoms with Crippen molar-refractivity contribution in [1.29, 1.82) is 0 Å². The smallest absolute Gasteiger partial charge is 0.305 e. The number of nitrogens with one attached hydrogen (secondary N) is 1. The van der Waals surface area contributed by atoms with Crippen LogP contribution in [-0.4, -0.2) is 47.4 Å². The van der Waals surface area contributed by atoms with E-state index in [1.165, 1.54) is 276 Å². The Hall–Kier alpha value is -1.40. The number of hydrogen-bond donors (Lipinski definition) is 3. The number of hydrogen-bond acceptors (Lipinski definition) is 5. The molecule has 3 N–H and O–H groups in total. The molecule has 0 aromatic rings. The highest BCUT2D eigenvalue weighted by molar-refractivity contribution is 5.76. The first-order valence-electron chi connectivity index (χ1n) is 30.9. The number of amides is 1. The number of carbonyl (C=O) groups excluding carboxylic acids is 2. The van der Waals surface area contributed by atoms with Gasteiger partial charge in [-0.1, -0.05) is 296 Å². The third-order valence-electron chi connectivity index (χ3n) is 14.6. The number of ether oxygens (including phenoxy) is 1. The Balaban J connectivity index is 3.38. The van der Waals surface area contributed by atoms with E-state index in [1.54, 1.807) is 0 Å². The van der Waals surface area contributed by atoms with Crippen LogP contribution in [0.2, 0.25) is 0 Å². The number of unbranched alkanes of at least 4 members (excludes halogenated alkanes) is 45. The Bertz CT molecular complexity index is 1020. The highest BCUT2D eigenvalue weighted by Crippen LogP contribution is 2.18. The molecule has 0 rings (SSSR count). The summed E-state index contributed by atoms with van der Waals surface area (Å²) in [6, 6.07) is -0.546. The first kappa shape index (κ1) is 66.6. The fourth-order valence-electron chi connectivity index (χ4n) is 9.81. The number of carbonyl (C=O) groups is 2. The van der Waals surface area contributed by atoms with Crippen LogP contribution in [0, 0.1) is 0 Å². The predicted molar refractivity (Wildman–Crippen MR) is 297 cm³/mol. The van der Waals surface area contributed by atoms with Gasteiger partial charge in [-0.25, -0.2) is 0 Å². The molecular weight excluding hydrogens is 839 g/mol. The number of aliphatic hydroxyl groups is 2. The molecule has 2 unspecified atom stereocenters. The van der Waals surface area contributed by atoms with E-state index in [0.717, 1.165) is 38.5 Å². The molecule has 0 bridgehead atoms. The van der Waals surface area contributed by atoms with Crippen LogP contribution in [0.3, 0.4) is 0 Å². The topological polar surface area (TPSA) is 95.9 Å². The Morgan fingerprint density at radius 1 is 0.397 bits per heavy atom. The van der Waals surface area contributed by atoms with Gasteiger partial charge < -0.3 is 20.3 Å². The molecule has 0 saturated heterocycles.